The second-order valence-corrected chi connectivity index (χ2v) is 26.7. The molecule has 0 aliphatic heterocycles. The van der Waals surface area contributed by atoms with Crippen LogP contribution in [0.25, 0.3) is 10.8 Å². The van der Waals surface area contributed by atoms with E-state index in [9.17, 15) is 0 Å². The Labute approximate surface area is 293 Å². The molecule has 0 heterocycles. The van der Waals surface area contributed by atoms with Gasteiger partial charge in [0, 0.05) is 16.3 Å². The Hall–Kier alpha value is -2.31. The van der Waals surface area contributed by atoms with E-state index in [1.54, 1.807) is 0 Å². The molecule has 0 unspecified atom stereocenters. The zero-order valence-electron chi connectivity index (χ0n) is 33.4. The molecule has 0 saturated heterocycles. The first kappa shape index (κ1) is 40.9. The van der Waals surface area contributed by atoms with Gasteiger partial charge in [0.05, 0.1) is 0 Å². The van der Waals surface area contributed by atoms with E-state index >= 15 is 0 Å². The lowest BCUT2D eigenvalue weighted by atomic mass is 9.95. The summed E-state index contributed by atoms with van der Waals surface area (Å²) in [6.45, 7) is 36.8. The minimum atomic E-state index is -2.10. The van der Waals surface area contributed by atoms with E-state index < -0.39 is 16.6 Å². The molecule has 0 bridgehead atoms. The Kier molecular flexibility index (Phi) is 14.7. The van der Waals surface area contributed by atoms with Gasteiger partial charge in [-0.05, 0) is 128 Å². The maximum absolute atomic E-state index is 7.22. The molecule has 0 amide bonds. The Morgan fingerprint density at radius 1 is 0.596 bits per heavy atom. The summed E-state index contributed by atoms with van der Waals surface area (Å²) in [5, 5.41) is 2.56. The summed E-state index contributed by atoms with van der Waals surface area (Å²) in [4.78, 5) is 0. The zero-order chi connectivity index (χ0) is 35.8. The van der Waals surface area contributed by atoms with E-state index in [0.717, 1.165) is 50.0 Å². The van der Waals surface area contributed by atoms with Crippen molar-refractivity contribution in [3.63, 3.8) is 0 Å². The molecule has 2 nitrogen and oxygen atoms in total. The van der Waals surface area contributed by atoms with Crippen molar-refractivity contribution in [2.24, 2.45) is 0 Å². The third kappa shape index (κ3) is 12.0. The van der Waals surface area contributed by atoms with Gasteiger partial charge in [-0.3, -0.25) is 0 Å². The number of fused-ring (bicyclic) bond motifs is 1. The van der Waals surface area contributed by atoms with Crippen LogP contribution in [0.4, 0.5) is 0 Å². The first-order valence-corrected chi connectivity index (χ1v) is 23.9. The van der Waals surface area contributed by atoms with Gasteiger partial charge in [-0.15, -0.1) is 0 Å². The molecule has 0 aliphatic rings. The normalized spacial score (nSPS) is 14.1. The Balaban J connectivity index is 2.38. The maximum atomic E-state index is 7.22. The third-order valence-corrected chi connectivity index (χ3v) is 19.3. The van der Waals surface area contributed by atoms with Crippen molar-refractivity contribution in [2.45, 2.75) is 164 Å². The molecule has 0 aliphatic carbocycles. The van der Waals surface area contributed by atoms with Crippen molar-refractivity contribution in [1.29, 1.82) is 0 Å². The van der Waals surface area contributed by atoms with Crippen LogP contribution in [-0.4, -0.2) is 16.6 Å². The highest BCUT2D eigenvalue weighted by Gasteiger charge is 2.42. The minimum absolute atomic E-state index is 0.103. The van der Waals surface area contributed by atoms with E-state index in [1.807, 2.05) is 0 Å². The van der Waals surface area contributed by atoms with E-state index in [0.29, 0.717) is 0 Å². The quantitative estimate of drug-likeness (QED) is 0.138. The zero-order valence-corrected chi connectivity index (χ0v) is 35.4. The number of benzene rings is 2. The van der Waals surface area contributed by atoms with Crippen LogP contribution in [0.2, 0.25) is 36.3 Å². The topological polar surface area (TPSA) is 18.5 Å². The number of allylic oxidation sites excluding steroid dienone is 8. The van der Waals surface area contributed by atoms with Gasteiger partial charge in [-0.2, -0.15) is 0 Å². The first-order valence-electron chi connectivity index (χ1n) is 18.1. The van der Waals surface area contributed by atoms with E-state index in [2.05, 4.69) is 158 Å². The van der Waals surface area contributed by atoms with Gasteiger partial charge in [0.1, 0.15) is 11.5 Å². The van der Waals surface area contributed by atoms with Crippen LogP contribution in [0.15, 0.2) is 70.9 Å². The molecule has 0 N–H and O–H groups in total. The molecule has 0 saturated carbocycles. The highest BCUT2D eigenvalue weighted by molar-refractivity contribution is 6.75. The third-order valence-electron chi connectivity index (χ3n) is 10.6. The molecule has 2 aromatic rings. The van der Waals surface area contributed by atoms with Crippen molar-refractivity contribution in [3.8, 4) is 11.5 Å². The van der Waals surface area contributed by atoms with E-state index in [4.69, 9.17) is 8.85 Å². The number of rotatable bonds is 15. The van der Waals surface area contributed by atoms with Crippen LogP contribution >= 0.6 is 0 Å². The van der Waals surface area contributed by atoms with Gasteiger partial charge >= 0.3 is 0 Å². The van der Waals surface area contributed by atoms with Crippen molar-refractivity contribution < 1.29 is 8.85 Å². The molecule has 0 spiro atoms. The molecular weight excluding hydrogens is 605 g/mol. The maximum Gasteiger partial charge on any atom is 0.250 e. The SMILES string of the molecule is CC(C)=CCC/C(C)=C/CC/C(C)=C/CC/C(C)=C/Cc1c(C)c(O[Si](C)(C)C(C)(C)C)c2ccccc2c1O[Si](C)(C)C(C)(C)C. The lowest BCUT2D eigenvalue weighted by Crippen LogP contribution is -2.44. The van der Waals surface area contributed by atoms with E-state index in [-0.39, 0.29) is 10.1 Å². The first-order chi connectivity index (χ1) is 21.6. The Bertz CT molecular complexity index is 1470. The Morgan fingerprint density at radius 3 is 1.40 bits per heavy atom. The van der Waals surface area contributed by atoms with Gasteiger partial charge in [0.25, 0.3) is 16.6 Å². The molecule has 0 radical (unpaired) electrons. The predicted octanol–water partition coefficient (Wildman–Crippen LogP) is 14.6. The lowest BCUT2D eigenvalue weighted by Gasteiger charge is -2.39. The van der Waals surface area contributed by atoms with E-state index in [1.165, 1.54) is 50.6 Å². The summed E-state index contributed by atoms with van der Waals surface area (Å²) in [5.41, 5.74) is 8.35. The van der Waals surface area contributed by atoms with Gasteiger partial charge in [0.15, 0.2) is 0 Å². The van der Waals surface area contributed by atoms with Crippen molar-refractivity contribution >= 4 is 27.4 Å². The van der Waals surface area contributed by atoms with Crippen molar-refractivity contribution in [1.82, 2.24) is 0 Å². The van der Waals surface area contributed by atoms with Crippen molar-refractivity contribution in [3.05, 3.63) is 82.0 Å². The summed E-state index contributed by atoms with van der Waals surface area (Å²) in [6.07, 6.45) is 17.3. The molecule has 2 aromatic carbocycles. The smallest absolute Gasteiger partial charge is 0.250 e. The van der Waals surface area contributed by atoms with Crippen LogP contribution in [0.1, 0.15) is 126 Å². The van der Waals surface area contributed by atoms with Crippen LogP contribution < -0.4 is 8.85 Å². The van der Waals surface area contributed by atoms with Crippen LogP contribution in [-0.2, 0) is 6.42 Å². The summed E-state index contributed by atoms with van der Waals surface area (Å²) < 4.78 is 14.4. The molecule has 2 rings (SSSR count). The second kappa shape index (κ2) is 16.9. The summed E-state index contributed by atoms with van der Waals surface area (Å²) in [6, 6.07) is 8.75. The highest BCUT2D eigenvalue weighted by Crippen LogP contribution is 2.47. The average Bonchev–Trinajstić information content (AvgIpc) is 2.93. The fourth-order valence-electron chi connectivity index (χ4n) is 5.12. The van der Waals surface area contributed by atoms with Gasteiger partial charge < -0.3 is 8.85 Å². The summed E-state index contributed by atoms with van der Waals surface area (Å²) in [7, 11) is -4.17. The monoisotopic (exact) mass is 674 g/mol. The van der Waals surface area contributed by atoms with Gasteiger partial charge in [-0.25, -0.2) is 0 Å². The highest BCUT2D eigenvalue weighted by atomic mass is 28.4. The molecule has 4 heteroatoms. The molecule has 0 fully saturated rings. The molecular formula is C43H70O2Si2. The molecule has 0 atom stereocenters. The average molecular weight is 675 g/mol. The Morgan fingerprint density at radius 2 is 0.979 bits per heavy atom. The molecule has 0 aromatic heterocycles. The lowest BCUT2D eigenvalue weighted by molar-refractivity contribution is 0.482. The second-order valence-electron chi connectivity index (χ2n) is 17.3. The molecule has 262 valence electrons. The van der Waals surface area contributed by atoms with Gasteiger partial charge in [-0.1, -0.05) is 112 Å². The fourth-order valence-corrected chi connectivity index (χ4v) is 7.25. The van der Waals surface area contributed by atoms with Crippen molar-refractivity contribution in [2.75, 3.05) is 0 Å². The number of hydrogen-bond donors (Lipinski definition) is 0. The summed E-state index contributed by atoms with van der Waals surface area (Å²) in [5.74, 6) is 2.12. The molecule has 47 heavy (non-hydrogen) atoms. The largest absolute Gasteiger partial charge is 0.543 e. The van der Waals surface area contributed by atoms with Gasteiger partial charge in [0.2, 0.25) is 0 Å². The van der Waals surface area contributed by atoms with Crippen LogP contribution in [0.3, 0.4) is 0 Å². The standard InChI is InChI=1S/C43H70O2Si2/c1-32(2)22-19-23-33(3)24-20-25-34(4)26-21-27-35(5)30-31-37-36(6)40(44-46(13,14)42(7,8)9)38-28-17-18-29-39(38)41(37)45-47(15,16)43(10,11)12/h17-18,22,24,26,28-30H,19-21,23,25,27,31H2,1-16H3/b33-24+,34-26+,35-30+. The number of hydrogen-bond acceptors (Lipinski definition) is 2. The van der Waals surface area contributed by atoms with Crippen LogP contribution in [0.5, 0.6) is 11.5 Å². The summed E-state index contributed by atoms with van der Waals surface area (Å²) >= 11 is 0. The predicted molar refractivity (Wildman–Crippen MR) is 216 cm³/mol. The fraction of sp³-hybridized carbons (Fsp3) is 0.581. The van der Waals surface area contributed by atoms with Crippen LogP contribution in [0, 0.1) is 6.92 Å². The minimum Gasteiger partial charge on any atom is -0.543 e.